The van der Waals surface area contributed by atoms with Gasteiger partial charge in [-0.3, -0.25) is 24.5 Å². The van der Waals surface area contributed by atoms with Crippen molar-refractivity contribution in [2.75, 3.05) is 6.54 Å². The van der Waals surface area contributed by atoms with Gasteiger partial charge in [-0.15, -0.1) is 0 Å². The summed E-state index contributed by atoms with van der Waals surface area (Å²) in [6.45, 7) is 2.39. The number of imide groups is 1. The molecule has 0 aromatic heterocycles. The van der Waals surface area contributed by atoms with Crippen LogP contribution in [0.1, 0.15) is 51.9 Å². The van der Waals surface area contributed by atoms with Crippen molar-refractivity contribution in [2.45, 2.75) is 64.0 Å². The van der Waals surface area contributed by atoms with Crippen LogP contribution in [0.2, 0.25) is 0 Å². The quantitative estimate of drug-likeness (QED) is 0.756. The maximum atomic E-state index is 12.9. The number of piperidine rings is 1. The van der Waals surface area contributed by atoms with Gasteiger partial charge in [0.2, 0.25) is 11.8 Å². The normalized spacial score (nSPS) is 34.0. The average molecular weight is 372 g/mol. The fourth-order valence-electron chi connectivity index (χ4n) is 4.56. The Hall–Kier alpha value is -2.44. The molecule has 3 unspecified atom stereocenters. The van der Waals surface area contributed by atoms with Crippen molar-refractivity contribution in [1.29, 1.82) is 0 Å². The van der Waals surface area contributed by atoms with Gasteiger partial charge in [-0.25, -0.2) is 0 Å². The average Bonchev–Trinajstić information content (AvgIpc) is 2.87. The van der Waals surface area contributed by atoms with Gasteiger partial charge in [0.25, 0.3) is 5.91 Å². The lowest BCUT2D eigenvalue weighted by atomic mass is 9.78. The highest BCUT2D eigenvalue weighted by Crippen LogP contribution is 2.45. The highest BCUT2D eigenvalue weighted by Gasteiger charge is 2.50. The third kappa shape index (κ3) is 3.19. The summed E-state index contributed by atoms with van der Waals surface area (Å²) in [6.07, 6.45) is 7.51. The zero-order valence-corrected chi connectivity index (χ0v) is 15.5. The first-order valence-electron chi connectivity index (χ1n) is 9.63. The van der Waals surface area contributed by atoms with Gasteiger partial charge >= 0.3 is 0 Å². The number of allylic oxidation sites excluding steroid dienone is 3. The molecule has 0 radical (unpaired) electrons. The van der Waals surface area contributed by atoms with Gasteiger partial charge in [-0.05, 0) is 37.8 Å². The molecule has 3 amide bonds. The molecule has 2 heterocycles. The highest BCUT2D eigenvalue weighted by atomic mass is 16.5. The number of carbonyl (C=O) groups excluding carboxylic acids is 4. The van der Waals surface area contributed by atoms with Crippen LogP contribution in [0.15, 0.2) is 23.5 Å². The van der Waals surface area contributed by atoms with Crippen LogP contribution < -0.4 is 5.32 Å². The number of ketones is 1. The molecule has 1 saturated carbocycles. The Morgan fingerprint density at radius 1 is 1.11 bits per heavy atom. The van der Waals surface area contributed by atoms with Crippen molar-refractivity contribution < 1.29 is 23.9 Å². The number of Topliss-reactive ketones (excluding diaryl/α,β-unsaturated/α-hetero) is 1. The maximum Gasteiger partial charge on any atom is 0.251 e. The minimum absolute atomic E-state index is 0.148. The number of fused-ring (bicyclic) bond motifs is 1. The minimum atomic E-state index is -0.609. The van der Waals surface area contributed by atoms with E-state index in [0.29, 0.717) is 31.4 Å². The molecule has 1 N–H and O–H groups in total. The number of ether oxygens (including phenoxy) is 1. The van der Waals surface area contributed by atoms with E-state index >= 15 is 0 Å². The molecule has 0 aromatic rings. The smallest absolute Gasteiger partial charge is 0.251 e. The first-order chi connectivity index (χ1) is 12.9. The largest absolute Gasteiger partial charge is 0.487 e. The molecule has 3 fully saturated rings. The van der Waals surface area contributed by atoms with Crippen molar-refractivity contribution in [1.82, 2.24) is 10.2 Å². The Balaban J connectivity index is 1.48. The molecule has 2 saturated heterocycles. The predicted molar refractivity (Wildman–Crippen MR) is 95.1 cm³/mol. The second-order valence-electron chi connectivity index (χ2n) is 8.17. The van der Waals surface area contributed by atoms with Crippen molar-refractivity contribution in [3.8, 4) is 0 Å². The Kier molecular flexibility index (Phi) is 4.40. The zero-order valence-electron chi connectivity index (χ0n) is 15.5. The fourth-order valence-corrected chi connectivity index (χ4v) is 4.56. The fraction of sp³-hybridized carbons (Fsp3) is 0.600. The molecule has 0 aromatic carbocycles. The summed E-state index contributed by atoms with van der Waals surface area (Å²) in [7, 11) is 0. The Morgan fingerprint density at radius 2 is 1.93 bits per heavy atom. The number of hydrogen-bond acceptors (Lipinski definition) is 5. The topological polar surface area (TPSA) is 92.8 Å². The van der Waals surface area contributed by atoms with Crippen LogP contribution in [0.3, 0.4) is 0 Å². The van der Waals surface area contributed by atoms with E-state index in [1.54, 1.807) is 17.1 Å². The van der Waals surface area contributed by atoms with Gasteiger partial charge in [-0.2, -0.15) is 0 Å². The van der Waals surface area contributed by atoms with Crippen LogP contribution in [0, 0.1) is 5.41 Å². The van der Waals surface area contributed by atoms with E-state index in [2.05, 4.69) is 5.32 Å². The van der Waals surface area contributed by atoms with Gasteiger partial charge in [0.1, 0.15) is 6.04 Å². The molecule has 4 rings (SSSR count). The van der Waals surface area contributed by atoms with E-state index < -0.39 is 17.4 Å². The van der Waals surface area contributed by atoms with Gasteiger partial charge < -0.3 is 9.64 Å². The molecular formula is C20H24N2O5. The first kappa shape index (κ1) is 17.9. The molecule has 7 nitrogen and oxygen atoms in total. The number of likely N-dealkylation sites (tertiary alicyclic amines) is 1. The van der Waals surface area contributed by atoms with Crippen molar-refractivity contribution in [3.63, 3.8) is 0 Å². The third-order valence-electron chi connectivity index (χ3n) is 6.04. The summed E-state index contributed by atoms with van der Waals surface area (Å²) in [6, 6.07) is -0.609. The summed E-state index contributed by atoms with van der Waals surface area (Å²) < 4.78 is 5.98. The highest BCUT2D eigenvalue weighted by molar-refractivity contribution is 6.05. The summed E-state index contributed by atoms with van der Waals surface area (Å²) in [5, 5.41) is 2.32. The second kappa shape index (κ2) is 6.62. The number of rotatable bonds is 3. The number of nitrogens with zero attached hydrogens (tertiary/aromatic N) is 1. The minimum Gasteiger partial charge on any atom is -0.487 e. The summed E-state index contributed by atoms with van der Waals surface area (Å²) in [4.78, 5) is 50.1. The molecule has 0 bridgehead atoms. The van der Waals surface area contributed by atoms with E-state index in [0.717, 1.165) is 25.0 Å². The SMILES string of the molecule is CC12CC(OC3CCCCC3=O)=CC=C1C(=O)N(C1CCC(=O)NC1=O)C2. The molecule has 4 aliphatic rings. The number of carbonyl (C=O) groups is 4. The van der Waals surface area contributed by atoms with Crippen molar-refractivity contribution in [2.24, 2.45) is 5.41 Å². The van der Waals surface area contributed by atoms with Crippen LogP contribution in [0.5, 0.6) is 0 Å². The lowest BCUT2D eigenvalue weighted by Crippen LogP contribution is -2.53. The van der Waals surface area contributed by atoms with Crippen LogP contribution in [0.4, 0.5) is 0 Å². The molecule has 144 valence electrons. The van der Waals surface area contributed by atoms with Crippen LogP contribution in [-0.2, 0) is 23.9 Å². The standard InChI is InChI=1S/C20H24N2O5/c1-20-10-12(27-16-5-3-2-4-15(16)23)6-7-13(20)19(26)22(11-20)14-8-9-17(24)21-18(14)25/h6-7,14,16H,2-5,8-11H2,1H3,(H,21,24,25). The predicted octanol–water partition coefficient (Wildman–Crippen LogP) is 1.38. The molecule has 2 aliphatic carbocycles. The number of amides is 3. The van der Waals surface area contributed by atoms with Gasteiger partial charge in [0.15, 0.2) is 11.9 Å². The monoisotopic (exact) mass is 372 g/mol. The van der Waals surface area contributed by atoms with E-state index in [9.17, 15) is 19.2 Å². The molecule has 3 atom stereocenters. The molecular weight excluding hydrogens is 348 g/mol. The van der Waals surface area contributed by atoms with Crippen LogP contribution in [-0.4, -0.2) is 47.1 Å². The molecule has 27 heavy (non-hydrogen) atoms. The van der Waals surface area contributed by atoms with E-state index in [1.165, 1.54) is 0 Å². The summed E-state index contributed by atoms with van der Waals surface area (Å²) >= 11 is 0. The molecule has 2 aliphatic heterocycles. The second-order valence-corrected chi connectivity index (χ2v) is 8.17. The summed E-state index contributed by atoms with van der Waals surface area (Å²) in [5.41, 5.74) is 0.204. The maximum absolute atomic E-state index is 12.9. The third-order valence-corrected chi connectivity index (χ3v) is 6.04. The number of nitrogens with one attached hydrogen (secondary N) is 1. The van der Waals surface area contributed by atoms with Gasteiger partial charge in [-0.1, -0.05) is 6.92 Å². The van der Waals surface area contributed by atoms with Crippen molar-refractivity contribution in [3.05, 3.63) is 23.5 Å². The Morgan fingerprint density at radius 3 is 2.67 bits per heavy atom. The van der Waals surface area contributed by atoms with E-state index in [4.69, 9.17) is 4.74 Å². The Labute approximate surface area is 157 Å². The van der Waals surface area contributed by atoms with Crippen LogP contribution in [0.25, 0.3) is 0 Å². The Bertz CT molecular complexity index is 783. The lowest BCUT2D eigenvalue weighted by molar-refractivity contribution is -0.142. The van der Waals surface area contributed by atoms with Crippen molar-refractivity contribution >= 4 is 23.5 Å². The van der Waals surface area contributed by atoms with Gasteiger partial charge in [0.05, 0.1) is 5.76 Å². The number of hydrogen-bond donors (Lipinski definition) is 1. The molecule has 0 spiro atoms. The lowest BCUT2D eigenvalue weighted by Gasteiger charge is -2.33. The van der Waals surface area contributed by atoms with E-state index in [1.807, 2.05) is 6.92 Å². The summed E-state index contributed by atoms with van der Waals surface area (Å²) in [5.74, 6) is 0.0186. The van der Waals surface area contributed by atoms with E-state index in [-0.39, 0.29) is 30.1 Å². The first-order valence-corrected chi connectivity index (χ1v) is 9.63. The zero-order chi connectivity index (χ0) is 19.2. The molecule has 7 heteroatoms. The van der Waals surface area contributed by atoms with Crippen LogP contribution >= 0.6 is 0 Å². The van der Waals surface area contributed by atoms with Gasteiger partial charge in [0, 0.05) is 36.8 Å².